The van der Waals surface area contributed by atoms with Gasteiger partial charge in [-0.05, 0) is 31.2 Å². The molecule has 1 saturated heterocycles. The lowest BCUT2D eigenvalue weighted by Crippen LogP contribution is -2.41. The quantitative estimate of drug-likeness (QED) is 0.727. The molecule has 1 aliphatic heterocycles. The molecule has 0 spiro atoms. The summed E-state index contributed by atoms with van der Waals surface area (Å²) in [6, 6.07) is 0.752. The highest BCUT2D eigenvalue weighted by molar-refractivity contribution is 4.78. The van der Waals surface area contributed by atoms with Crippen LogP contribution < -0.4 is 5.32 Å². The lowest BCUT2D eigenvalue weighted by molar-refractivity contribution is 0.202. The van der Waals surface area contributed by atoms with Gasteiger partial charge in [0.15, 0.2) is 0 Å². The molecular weight excluding hydrogens is 184 g/mol. The SMILES string of the molecule is CC(C)CN(CC(C)C)C[C@H]1CCCN1. The van der Waals surface area contributed by atoms with Crippen LogP contribution in [0.3, 0.4) is 0 Å². The van der Waals surface area contributed by atoms with Crippen molar-refractivity contribution in [3.8, 4) is 0 Å². The number of hydrogen-bond acceptors (Lipinski definition) is 2. The van der Waals surface area contributed by atoms with E-state index in [-0.39, 0.29) is 0 Å². The van der Waals surface area contributed by atoms with Crippen LogP contribution in [0.15, 0.2) is 0 Å². The number of nitrogens with zero attached hydrogens (tertiary/aromatic N) is 1. The molecule has 1 rings (SSSR count). The average molecular weight is 212 g/mol. The maximum atomic E-state index is 3.59. The molecule has 0 aromatic heterocycles. The smallest absolute Gasteiger partial charge is 0.0195 e. The summed E-state index contributed by atoms with van der Waals surface area (Å²) in [7, 11) is 0. The second-order valence-electron chi connectivity index (χ2n) is 5.80. The summed E-state index contributed by atoms with van der Waals surface area (Å²) >= 11 is 0. The molecule has 0 saturated carbocycles. The van der Waals surface area contributed by atoms with Crippen LogP contribution in [-0.4, -0.2) is 37.1 Å². The van der Waals surface area contributed by atoms with Crippen molar-refractivity contribution < 1.29 is 0 Å². The van der Waals surface area contributed by atoms with E-state index >= 15 is 0 Å². The van der Waals surface area contributed by atoms with Crippen molar-refractivity contribution in [1.29, 1.82) is 0 Å². The topological polar surface area (TPSA) is 15.3 Å². The molecule has 2 nitrogen and oxygen atoms in total. The van der Waals surface area contributed by atoms with Crippen molar-refractivity contribution in [3.63, 3.8) is 0 Å². The molecule has 1 fully saturated rings. The van der Waals surface area contributed by atoms with Gasteiger partial charge in [-0.25, -0.2) is 0 Å². The fraction of sp³-hybridized carbons (Fsp3) is 1.00. The molecular formula is C13H28N2. The number of rotatable bonds is 6. The van der Waals surface area contributed by atoms with E-state index in [4.69, 9.17) is 0 Å². The van der Waals surface area contributed by atoms with Crippen molar-refractivity contribution in [3.05, 3.63) is 0 Å². The van der Waals surface area contributed by atoms with Gasteiger partial charge in [0, 0.05) is 25.7 Å². The highest BCUT2D eigenvalue weighted by Crippen LogP contribution is 2.10. The van der Waals surface area contributed by atoms with E-state index in [9.17, 15) is 0 Å². The number of hydrogen-bond donors (Lipinski definition) is 1. The maximum Gasteiger partial charge on any atom is 0.0195 e. The first-order chi connectivity index (χ1) is 7.08. The Labute approximate surface area is 95.4 Å². The lowest BCUT2D eigenvalue weighted by Gasteiger charge is -2.28. The van der Waals surface area contributed by atoms with Gasteiger partial charge in [0.25, 0.3) is 0 Å². The van der Waals surface area contributed by atoms with Crippen molar-refractivity contribution >= 4 is 0 Å². The predicted octanol–water partition coefficient (Wildman–Crippen LogP) is 2.35. The molecule has 15 heavy (non-hydrogen) atoms. The van der Waals surface area contributed by atoms with Crippen LogP contribution in [0.1, 0.15) is 40.5 Å². The fourth-order valence-electron chi connectivity index (χ4n) is 2.48. The average Bonchev–Trinajstić information content (AvgIpc) is 2.53. The minimum Gasteiger partial charge on any atom is -0.313 e. The Kier molecular flexibility index (Phi) is 5.62. The lowest BCUT2D eigenvalue weighted by atomic mass is 10.1. The summed E-state index contributed by atoms with van der Waals surface area (Å²) in [5.41, 5.74) is 0. The number of nitrogens with one attached hydrogen (secondary N) is 1. The van der Waals surface area contributed by atoms with E-state index in [0.717, 1.165) is 17.9 Å². The molecule has 90 valence electrons. The maximum absolute atomic E-state index is 3.59. The summed E-state index contributed by atoms with van der Waals surface area (Å²) in [5.74, 6) is 1.57. The highest BCUT2D eigenvalue weighted by Gasteiger charge is 2.18. The minimum absolute atomic E-state index is 0.752. The molecule has 2 heteroatoms. The van der Waals surface area contributed by atoms with E-state index in [1.54, 1.807) is 0 Å². The van der Waals surface area contributed by atoms with Crippen LogP contribution in [0.25, 0.3) is 0 Å². The zero-order chi connectivity index (χ0) is 11.3. The third-order valence-corrected chi connectivity index (χ3v) is 2.89. The Balaban J connectivity index is 2.32. The van der Waals surface area contributed by atoms with Gasteiger partial charge in [0.2, 0.25) is 0 Å². The van der Waals surface area contributed by atoms with Gasteiger partial charge in [0.1, 0.15) is 0 Å². The Morgan fingerprint density at radius 3 is 2.13 bits per heavy atom. The summed E-state index contributed by atoms with van der Waals surface area (Å²) in [6.45, 7) is 14.2. The predicted molar refractivity (Wildman–Crippen MR) is 67.1 cm³/mol. The van der Waals surface area contributed by atoms with Gasteiger partial charge >= 0.3 is 0 Å². The second-order valence-corrected chi connectivity index (χ2v) is 5.80. The minimum atomic E-state index is 0.752. The van der Waals surface area contributed by atoms with Crippen LogP contribution >= 0.6 is 0 Å². The Bertz CT molecular complexity index is 150. The van der Waals surface area contributed by atoms with Gasteiger partial charge < -0.3 is 10.2 Å². The molecule has 0 bridgehead atoms. The van der Waals surface area contributed by atoms with Crippen LogP contribution in [0.2, 0.25) is 0 Å². The van der Waals surface area contributed by atoms with Crippen molar-refractivity contribution in [2.75, 3.05) is 26.2 Å². The van der Waals surface area contributed by atoms with Crippen LogP contribution in [-0.2, 0) is 0 Å². The monoisotopic (exact) mass is 212 g/mol. The van der Waals surface area contributed by atoms with Gasteiger partial charge in [-0.3, -0.25) is 0 Å². The van der Waals surface area contributed by atoms with Crippen molar-refractivity contribution in [2.24, 2.45) is 11.8 Å². The largest absolute Gasteiger partial charge is 0.313 e. The van der Waals surface area contributed by atoms with E-state index in [1.807, 2.05) is 0 Å². The van der Waals surface area contributed by atoms with E-state index in [1.165, 1.54) is 39.0 Å². The first-order valence-corrected chi connectivity index (χ1v) is 6.53. The third-order valence-electron chi connectivity index (χ3n) is 2.89. The molecule has 1 atom stereocenters. The van der Waals surface area contributed by atoms with Crippen molar-refractivity contribution in [2.45, 2.75) is 46.6 Å². The Morgan fingerprint density at radius 1 is 1.13 bits per heavy atom. The first-order valence-electron chi connectivity index (χ1n) is 6.53. The fourth-order valence-corrected chi connectivity index (χ4v) is 2.48. The Hall–Kier alpha value is -0.0800. The zero-order valence-corrected chi connectivity index (χ0v) is 10.9. The van der Waals surface area contributed by atoms with E-state index < -0.39 is 0 Å². The molecule has 0 aromatic carbocycles. The molecule has 1 N–H and O–H groups in total. The molecule has 0 radical (unpaired) electrons. The van der Waals surface area contributed by atoms with Crippen LogP contribution in [0.4, 0.5) is 0 Å². The van der Waals surface area contributed by atoms with Crippen LogP contribution in [0, 0.1) is 11.8 Å². The Morgan fingerprint density at radius 2 is 1.73 bits per heavy atom. The van der Waals surface area contributed by atoms with E-state index in [2.05, 4.69) is 37.9 Å². The van der Waals surface area contributed by atoms with Gasteiger partial charge in [-0.2, -0.15) is 0 Å². The molecule has 0 unspecified atom stereocenters. The normalized spacial score (nSPS) is 22.2. The van der Waals surface area contributed by atoms with Gasteiger partial charge in [-0.15, -0.1) is 0 Å². The van der Waals surface area contributed by atoms with E-state index in [0.29, 0.717) is 0 Å². The zero-order valence-electron chi connectivity index (χ0n) is 10.9. The van der Waals surface area contributed by atoms with Gasteiger partial charge in [-0.1, -0.05) is 27.7 Å². The second kappa shape index (κ2) is 6.49. The molecule has 0 aromatic rings. The molecule has 1 heterocycles. The summed E-state index contributed by atoms with van der Waals surface area (Å²) in [4.78, 5) is 2.64. The summed E-state index contributed by atoms with van der Waals surface area (Å²) in [5, 5.41) is 3.59. The van der Waals surface area contributed by atoms with Crippen molar-refractivity contribution in [1.82, 2.24) is 10.2 Å². The van der Waals surface area contributed by atoms with Crippen LogP contribution in [0.5, 0.6) is 0 Å². The molecule has 1 aliphatic rings. The third kappa shape index (κ3) is 5.53. The first kappa shape index (κ1) is 13.0. The van der Waals surface area contributed by atoms with Gasteiger partial charge in [0.05, 0.1) is 0 Å². The highest BCUT2D eigenvalue weighted by atomic mass is 15.2. The summed E-state index contributed by atoms with van der Waals surface area (Å²) < 4.78 is 0. The molecule has 0 amide bonds. The summed E-state index contributed by atoms with van der Waals surface area (Å²) in [6.07, 6.45) is 2.73. The standard InChI is InChI=1S/C13H28N2/c1-11(2)8-15(9-12(3)4)10-13-6-5-7-14-13/h11-14H,5-10H2,1-4H3/t13-/m1/s1. The molecule has 0 aliphatic carbocycles.